The monoisotopic (exact) mass is 231 g/mol. The SMILES string of the molecule is C[C@H]1CC(CN=C(N)N)CCC1OCCF. The summed E-state index contributed by atoms with van der Waals surface area (Å²) in [7, 11) is 0. The minimum absolute atomic E-state index is 0.156. The van der Waals surface area contributed by atoms with Crippen molar-refractivity contribution in [3.05, 3.63) is 0 Å². The highest BCUT2D eigenvalue weighted by Crippen LogP contribution is 2.31. The van der Waals surface area contributed by atoms with Gasteiger partial charge in [0.15, 0.2) is 5.96 Å². The normalized spacial score (nSPS) is 30.0. The minimum Gasteiger partial charge on any atom is -0.375 e. The van der Waals surface area contributed by atoms with Crippen molar-refractivity contribution in [2.45, 2.75) is 32.3 Å². The van der Waals surface area contributed by atoms with Gasteiger partial charge in [0.25, 0.3) is 0 Å². The Morgan fingerprint density at radius 1 is 1.44 bits per heavy atom. The summed E-state index contributed by atoms with van der Waals surface area (Å²) in [5.74, 6) is 1.14. The molecule has 3 atom stereocenters. The number of ether oxygens (including phenoxy) is 1. The van der Waals surface area contributed by atoms with E-state index in [1.54, 1.807) is 0 Å². The van der Waals surface area contributed by atoms with Crippen LogP contribution < -0.4 is 11.5 Å². The molecule has 5 heteroatoms. The molecule has 4 nitrogen and oxygen atoms in total. The quantitative estimate of drug-likeness (QED) is 0.548. The zero-order valence-corrected chi connectivity index (χ0v) is 9.86. The van der Waals surface area contributed by atoms with Gasteiger partial charge in [0.05, 0.1) is 12.7 Å². The van der Waals surface area contributed by atoms with Gasteiger partial charge < -0.3 is 16.2 Å². The molecule has 1 aliphatic rings. The molecule has 0 aromatic rings. The average Bonchev–Trinajstić information content (AvgIpc) is 2.25. The second-order valence-corrected chi connectivity index (χ2v) is 4.52. The predicted octanol–water partition coefficient (Wildman–Crippen LogP) is 1.05. The molecule has 0 spiro atoms. The number of guanidine groups is 1. The van der Waals surface area contributed by atoms with E-state index in [9.17, 15) is 4.39 Å². The van der Waals surface area contributed by atoms with E-state index in [1.165, 1.54) is 0 Å². The summed E-state index contributed by atoms with van der Waals surface area (Å²) in [5.41, 5.74) is 10.6. The van der Waals surface area contributed by atoms with Crippen LogP contribution in [0.3, 0.4) is 0 Å². The highest BCUT2D eigenvalue weighted by molar-refractivity contribution is 5.75. The molecule has 1 rings (SSSR count). The van der Waals surface area contributed by atoms with Crippen molar-refractivity contribution in [3.8, 4) is 0 Å². The number of hydrogen-bond acceptors (Lipinski definition) is 2. The molecule has 1 saturated carbocycles. The summed E-state index contributed by atoms with van der Waals surface area (Å²) in [6, 6.07) is 0. The molecule has 0 heterocycles. The lowest BCUT2D eigenvalue weighted by Gasteiger charge is -2.33. The highest BCUT2D eigenvalue weighted by atomic mass is 19.1. The molecule has 2 unspecified atom stereocenters. The van der Waals surface area contributed by atoms with Crippen molar-refractivity contribution in [2.75, 3.05) is 19.8 Å². The summed E-state index contributed by atoms with van der Waals surface area (Å²) in [5, 5.41) is 0. The lowest BCUT2D eigenvalue weighted by atomic mass is 9.80. The fourth-order valence-electron chi connectivity index (χ4n) is 2.32. The Hall–Kier alpha value is -0.840. The summed E-state index contributed by atoms with van der Waals surface area (Å²) >= 11 is 0. The van der Waals surface area contributed by atoms with Gasteiger partial charge in [-0.1, -0.05) is 6.92 Å². The number of aliphatic imine (C=N–C) groups is 1. The van der Waals surface area contributed by atoms with Crippen LogP contribution in [-0.4, -0.2) is 31.9 Å². The van der Waals surface area contributed by atoms with Crippen LogP contribution in [0.5, 0.6) is 0 Å². The molecule has 0 aromatic carbocycles. The second kappa shape index (κ2) is 6.68. The number of hydrogen-bond donors (Lipinski definition) is 2. The summed E-state index contributed by atoms with van der Waals surface area (Å²) in [6.07, 6.45) is 3.28. The van der Waals surface area contributed by atoms with Gasteiger partial charge in [-0.3, -0.25) is 4.99 Å². The molecule has 0 radical (unpaired) electrons. The van der Waals surface area contributed by atoms with E-state index < -0.39 is 6.67 Å². The van der Waals surface area contributed by atoms with Crippen LogP contribution in [0.2, 0.25) is 0 Å². The smallest absolute Gasteiger partial charge is 0.185 e. The lowest BCUT2D eigenvalue weighted by Crippen LogP contribution is -2.32. The van der Waals surface area contributed by atoms with E-state index in [1.807, 2.05) is 0 Å². The van der Waals surface area contributed by atoms with Crippen molar-refractivity contribution in [3.63, 3.8) is 0 Å². The zero-order chi connectivity index (χ0) is 12.0. The maximum absolute atomic E-state index is 12.0. The van der Waals surface area contributed by atoms with Gasteiger partial charge in [0, 0.05) is 6.54 Å². The molecule has 0 saturated heterocycles. The zero-order valence-electron chi connectivity index (χ0n) is 9.86. The number of alkyl halides is 1. The summed E-state index contributed by atoms with van der Waals surface area (Å²) < 4.78 is 17.4. The standard InChI is InChI=1S/C11H22FN3O/c1-8-6-9(7-15-11(13)14)2-3-10(8)16-5-4-12/h8-10H,2-7H2,1H3,(H4,13,14,15)/t8-,9?,10?/m0/s1. The second-order valence-electron chi connectivity index (χ2n) is 4.52. The molecule has 0 aromatic heterocycles. The molecule has 16 heavy (non-hydrogen) atoms. The molecule has 1 fully saturated rings. The number of rotatable bonds is 5. The van der Waals surface area contributed by atoms with E-state index in [4.69, 9.17) is 16.2 Å². The van der Waals surface area contributed by atoms with Gasteiger partial charge in [-0.05, 0) is 31.1 Å². The van der Waals surface area contributed by atoms with Gasteiger partial charge >= 0.3 is 0 Å². The third kappa shape index (κ3) is 4.35. The maximum atomic E-state index is 12.0. The largest absolute Gasteiger partial charge is 0.375 e. The number of nitrogens with two attached hydrogens (primary N) is 2. The molecule has 94 valence electrons. The van der Waals surface area contributed by atoms with Crippen LogP contribution in [0.15, 0.2) is 4.99 Å². The fraction of sp³-hybridized carbons (Fsp3) is 0.909. The summed E-state index contributed by atoms with van der Waals surface area (Å²) in [6.45, 7) is 2.65. The number of halogens is 1. The Balaban J connectivity index is 2.30. The van der Waals surface area contributed by atoms with Crippen molar-refractivity contribution < 1.29 is 9.13 Å². The lowest BCUT2D eigenvalue weighted by molar-refractivity contribution is -0.0206. The predicted molar refractivity (Wildman–Crippen MR) is 62.9 cm³/mol. The molecule has 0 aliphatic heterocycles. The Labute approximate surface area is 96.2 Å². The first-order valence-corrected chi connectivity index (χ1v) is 5.86. The Bertz CT molecular complexity index is 231. The third-order valence-electron chi connectivity index (χ3n) is 3.14. The Morgan fingerprint density at radius 3 is 2.75 bits per heavy atom. The maximum Gasteiger partial charge on any atom is 0.185 e. The Kier molecular flexibility index (Phi) is 5.52. The minimum atomic E-state index is -0.402. The third-order valence-corrected chi connectivity index (χ3v) is 3.14. The first kappa shape index (κ1) is 13.2. The average molecular weight is 231 g/mol. The Morgan fingerprint density at radius 2 is 2.19 bits per heavy atom. The van der Waals surface area contributed by atoms with Crippen LogP contribution in [0, 0.1) is 11.8 Å². The van der Waals surface area contributed by atoms with Crippen molar-refractivity contribution >= 4 is 5.96 Å². The molecule has 4 N–H and O–H groups in total. The molecule has 0 bridgehead atoms. The first-order valence-electron chi connectivity index (χ1n) is 5.86. The van der Waals surface area contributed by atoms with Gasteiger partial charge in [0.1, 0.15) is 6.67 Å². The van der Waals surface area contributed by atoms with E-state index in [0.717, 1.165) is 19.3 Å². The molecular weight excluding hydrogens is 209 g/mol. The van der Waals surface area contributed by atoms with Crippen LogP contribution in [-0.2, 0) is 4.74 Å². The molecular formula is C11H22FN3O. The van der Waals surface area contributed by atoms with E-state index in [0.29, 0.717) is 18.4 Å². The van der Waals surface area contributed by atoms with Crippen molar-refractivity contribution in [1.82, 2.24) is 0 Å². The van der Waals surface area contributed by atoms with E-state index in [2.05, 4.69) is 11.9 Å². The van der Waals surface area contributed by atoms with E-state index >= 15 is 0 Å². The van der Waals surface area contributed by atoms with Crippen LogP contribution >= 0.6 is 0 Å². The number of nitrogens with zero attached hydrogens (tertiary/aromatic N) is 1. The fourth-order valence-corrected chi connectivity index (χ4v) is 2.32. The van der Waals surface area contributed by atoms with Crippen LogP contribution in [0.4, 0.5) is 4.39 Å². The van der Waals surface area contributed by atoms with Gasteiger partial charge in [-0.2, -0.15) is 0 Å². The molecule has 0 amide bonds. The van der Waals surface area contributed by atoms with Gasteiger partial charge in [-0.15, -0.1) is 0 Å². The van der Waals surface area contributed by atoms with Gasteiger partial charge in [-0.25, -0.2) is 4.39 Å². The first-order chi connectivity index (χ1) is 7.63. The van der Waals surface area contributed by atoms with Gasteiger partial charge in [0.2, 0.25) is 0 Å². The van der Waals surface area contributed by atoms with Crippen LogP contribution in [0.1, 0.15) is 26.2 Å². The summed E-state index contributed by atoms with van der Waals surface area (Å²) in [4.78, 5) is 4.04. The van der Waals surface area contributed by atoms with Crippen molar-refractivity contribution in [1.29, 1.82) is 0 Å². The molecule has 1 aliphatic carbocycles. The highest BCUT2D eigenvalue weighted by Gasteiger charge is 2.27. The van der Waals surface area contributed by atoms with Crippen LogP contribution in [0.25, 0.3) is 0 Å². The topological polar surface area (TPSA) is 73.6 Å². The van der Waals surface area contributed by atoms with E-state index in [-0.39, 0.29) is 18.7 Å². The van der Waals surface area contributed by atoms with Crippen molar-refractivity contribution in [2.24, 2.45) is 28.3 Å².